The molecule has 1 saturated heterocycles. The van der Waals surface area contributed by atoms with Gasteiger partial charge in [-0.2, -0.15) is 4.31 Å². The van der Waals surface area contributed by atoms with Crippen LogP contribution in [-0.2, 0) is 32.6 Å². The van der Waals surface area contributed by atoms with Crippen LogP contribution in [0.15, 0.2) is 47.4 Å². The molecule has 2 aromatic carbocycles. The molecule has 0 spiro atoms. The molecule has 0 radical (unpaired) electrons. The van der Waals surface area contributed by atoms with Gasteiger partial charge in [0.25, 0.3) is 0 Å². The molecular formula is C22H24ClN3O4S. The molecule has 0 bridgehead atoms. The number of benzene rings is 2. The topological polar surface area (TPSA) is 86.8 Å². The third-order valence-corrected chi connectivity index (χ3v) is 8.05. The largest absolute Gasteiger partial charge is 0.350 e. The van der Waals surface area contributed by atoms with Crippen molar-refractivity contribution in [2.45, 2.75) is 43.7 Å². The Labute approximate surface area is 187 Å². The van der Waals surface area contributed by atoms with Crippen molar-refractivity contribution in [3.8, 4) is 0 Å². The summed E-state index contributed by atoms with van der Waals surface area (Å²) in [6.07, 6.45) is 1.97. The number of halogens is 1. The first kappa shape index (κ1) is 21.8. The Hall–Kier alpha value is -2.42. The third-order valence-electron chi connectivity index (χ3n) is 5.79. The highest BCUT2D eigenvalue weighted by atomic mass is 35.5. The minimum atomic E-state index is -3.57. The second-order valence-electron chi connectivity index (χ2n) is 7.82. The van der Waals surface area contributed by atoms with Gasteiger partial charge in [-0.25, -0.2) is 8.42 Å². The highest BCUT2D eigenvalue weighted by molar-refractivity contribution is 7.89. The number of anilines is 1. The lowest BCUT2D eigenvalue weighted by Crippen LogP contribution is -2.47. The summed E-state index contributed by atoms with van der Waals surface area (Å²) < 4.78 is 27.3. The molecule has 7 nitrogen and oxygen atoms in total. The molecule has 4 rings (SSSR count). The van der Waals surface area contributed by atoms with Crippen molar-refractivity contribution >= 4 is 39.1 Å². The van der Waals surface area contributed by atoms with Crippen LogP contribution in [0.4, 0.5) is 5.69 Å². The van der Waals surface area contributed by atoms with E-state index in [4.69, 9.17) is 11.6 Å². The van der Waals surface area contributed by atoms with Gasteiger partial charge >= 0.3 is 0 Å². The zero-order chi connectivity index (χ0) is 22.2. The average molecular weight is 462 g/mol. The van der Waals surface area contributed by atoms with Crippen molar-refractivity contribution in [3.63, 3.8) is 0 Å². The van der Waals surface area contributed by atoms with Gasteiger partial charge in [-0.3, -0.25) is 14.5 Å². The lowest BCUT2D eigenvalue weighted by atomic mass is 10.1. The zero-order valence-corrected chi connectivity index (χ0v) is 18.7. The van der Waals surface area contributed by atoms with Crippen LogP contribution in [0.25, 0.3) is 0 Å². The molecule has 164 valence electrons. The molecule has 0 aliphatic carbocycles. The second kappa shape index (κ2) is 8.61. The first-order valence-corrected chi connectivity index (χ1v) is 12.0. The van der Waals surface area contributed by atoms with Crippen molar-refractivity contribution < 1.29 is 18.0 Å². The van der Waals surface area contributed by atoms with E-state index >= 15 is 0 Å². The summed E-state index contributed by atoms with van der Waals surface area (Å²) >= 11 is 6.16. The van der Waals surface area contributed by atoms with E-state index in [0.29, 0.717) is 29.4 Å². The van der Waals surface area contributed by atoms with Crippen LogP contribution in [0.1, 0.15) is 30.9 Å². The van der Waals surface area contributed by atoms with Crippen LogP contribution in [0.5, 0.6) is 0 Å². The summed E-state index contributed by atoms with van der Waals surface area (Å²) in [6, 6.07) is 11.2. The zero-order valence-electron chi connectivity index (χ0n) is 17.2. The van der Waals surface area contributed by atoms with Gasteiger partial charge in [0.15, 0.2) is 0 Å². The number of sulfonamides is 1. The van der Waals surface area contributed by atoms with Gasteiger partial charge in [-0.05, 0) is 48.2 Å². The normalized spacial score (nSPS) is 18.8. The molecule has 1 N–H and O–H groups in total. The fourth-order valence-electron chi connectivity index (χ4n) is 4.21. The molecule has 0 aromatic heterocycles. The van der Waals surface area contributed by atoms with Crippen molar-refractivity contribution in [1.29, 1.82) is 0 Å². The number of hydrogen-bond acceptors (Lipinski definition) is 4. The van der Waals surface area contributed by atoms with Crippen molar-refractivity contribution in [3.05, 3.63) is 58.6 Å². The van der Waals surface area contributed by atoms with Crippen molar-refractivity contribution in [2.75, 3.05) is 18.0 Å². The van der Waals surface area contributed by atoms with Gasteiger partial charge in [0.1, 0.15) is 6.04 Å². The summed E-state index contributed by atoms with van der Waals surface area (Å²) in [5, 5.41) is 3.40. The third kappa shape index (κ3) is 4.20. The van der Waals surface area contributed by atoms with E-state index < -0.39 is 16.1 Å². The predicted molar refractivity (Wildman–Crippen MR) is 118 cm³/mol. The van der Waals surface area contributed by atoms with Gasteiger partial charge in [-0.1, -0.05) is 29.8 Å². The maximum absolute atomic E-state index is 12.9. The molecule has 0 saturated carbocycles. The van der Waals surface area contributed by atoms with E-state index in [1.165, 1.54) is 22.2 Å². The Morgan fingerprint density at radius 1 is 1.13 bits per heavy atom. The molecule has 1 unspecified atom stereocenters. The number of hydrogen-bond donors (Lipinski definition) is 1. The standard InChI is InChI=1S/C22H24ClN3O4S/c1-15(27)26-20-9-8-18(31(29,30)25-10-4-5-11-25)12-17(20)13-21(26)22(28)24-14-16-6-2-3-7-19(16)23/h2-3,6-9,12,21H,4-5,10-11,13-14H2,1H3,(H,24,28). The molecule has 9 heteroatoms. The van der Waals surface area contributed by atoms with E-state index in [2.05, 4.69) is 5.32 Å². The fraction of sp³-hybridized carbons (Fsp3) is 0.364. The molecule has 2 amide bonds. The Morgan fingerprint density at radius 2 is 1.84 bits per heavy atom. The van der Waals surface area contributed by atoms with Crippen LogP contribution in [0, 0.1) is 0 Å². The maximum Gasteiger partial charge on any atom is 0.243 e. The monoisotopic (exact) mass is 461 g/mol. The van der Waals surface area contributed by atoms with Gasteiger partial charge in [-0.15, -0.1) is 0 Å². The van der Waals surface area contributed by atoms with Crippen LogP contribution in [0.2, 0.25) is 5.02 Å². The lowest BCUT2D eigenvalue weighted by Gasteiger charge is -2.23. The molecule has 1 atom stereocenters. The van der Waals surface area contributed by atoms with Crippen molar-refractivity contribution in [1.82, 2.24) is 9.62 Å². The number of nitrogens with zero attached hydrogens (tertiary/aromatic N) is 2. The number of rotatable bonds is 5. The van der Waals surface area contributed by atoms with Crippen molar-refractivity contribution in [2.24, 2.45) is 0 Å². The number of carbonyl (C=O) groups is 2. The lowest BCUT2D eigenvalue weighted by molar-refractivity contribution is -0.125. The Balaban J connectivity index is 1.56. The minimum Gasteiger partial charge on any atom is -0.350 e. The van der Waals surface area contributed by atoms with Gasteiger partial charge in [0.05, 0.1) is 4.90 Å². The summed E-state index contributed by atoms with van der Waals surface area (Å²) in [4.78, 5) is 26.9. The SMILES string of the molecule is CC(=O)N1c2ccc(S(=O)(=O)N3CCCC3)cc2CC1C(=O)NCc1ccccc1Cl. The van der Waals surface area contributed by atoms with Gasteiger partial charge in [0, 0.05) is 43.7 Å². The highest BCUT2D eigenvalue weighted by Crippen LogP contribution is 2.35. The number of carbonyl (C=O) groups excluding carboxylic acids is 2. The van der Waals surface area contributed by atoms with Gasteiger partial charge in [0.2, 0.25) is 21.8 Å². The van der Waals surface area contributed by atoms with Crippen LogP contribution < -0.4 is 10.2 Å². The fourth-order valence-corrected chi connectivity index (χ4v) is 5.98. The molecule has 2 aromatic rings. The Morgan fingerprint density at radius 3 is 2.52 bits per heavy atom. The van der Waals surface area contributed by atoms with Crippen LogP contribution >= 0.6 is 11.6 Å². The number of fused-ring (bicyclic) bond motifs is 1. The molecule has 2 aliphatic heterocycles. The summed E-state index contributed by atoms with van der Waals surface area (Å²) in [7, 11) is -3.57. The number of nitrogens with one attached hydrogen (secondary N) is 1. The van der Waals surface area contributed by atoms with Gasteiger partial charge < -0.3 is 5.32 Å². The molecule has 31 heavy (non-hydrogen) atoms. The quantitative estimate of drug-likeness (QED) is 0.741. The Kier molecular flexibility index (Phi) is 6.05. The van der Waals surface area contributed by atoms with E-state index in [9.17, 15) is 18.0 Å². The average Bonchev–Trinajstić information content (AvgIpc) is 3.40. The smallest absolute Gasteiger partial charge is 0.243 e. The Bertz CT molecular complexity index is 1130. The van der Waals surface area contributed by atoms with Crippen LogP contribution in [0.3, 0.4) is 0 Å². The maximum atomic E-state index is 12.9. The summed E-state index contributed by atoms with van der Waals surface area (Å²) in [6.45, 7) is 2.68. The molecular weight excluding hydrogens is 438 g/mol. The van der Waals surface area contributed by atoms with E-state index in [1.54, 1.807) is 18.2 Å². The summed E-state index contributed by atoms with van der Waals surface area (Å²) in [5.74, 6) is -0.581. The predicted octanol–water partition coefficient (Wildman–Crippen LogP) is 2.72. The first-order valence-electron chi connectivity index (χ1n) is 10.2. The second-order valence-corrected chi connectivity index (χ2v) is 10.2. The first-order chi connectivity index (χ1) is 14.8. The van der Waals surface area contributed by atoms with E-state index in [1.807, 2.05) is 18.2 Å². The molecule has 2 aliphatic rings. The van der Waals surface area contributed by atoms with Crippen LogP contribution in [-0.4, -0.2) is 43.7 Å². The summed E-state index contributed by atoms with van der Waals surface area (Å²) in [5.41, 5.74) is 2.03. The highest BCUT2D eigenvalue weighted by Gasteiger charge is 2.38. The number of amides is 2. The minimum absolute atomic E-state index is 0.203. The molecule has 1 fully saturated rings. The van der Waals surface area contributed by atoms with E-state index in [0.717, 1.165) is 18.4 Å². The molecule has 2 heterocycles. The van der Waals surface area contributed by atoms with E-state index in [-0.39, 0.29) is 29.7 Å².